The zero-order chi connectivity index (χ0) is 24.5. The third kappa shape index (κ3) is 6.88. The van der Waals surface area contributed by atoms with Crippen LogP contribution in [0.4, 0.5) is 5.69 Å². The Kier molecular flexibility index (Phi) is 10.5. The molecule has 2 unspecified atom stereocenters. The zero-order valence-electron chi connectivity index (χ0n) is 19.3. The van der Waals surface area contributed by atoms with Crippen molar-refractivity contribution in [2.24, 2.45) is 0 Å². The number of hydrogen-bond acceptors (Lipinski definition) is 6. The second-order valence-corrected chi connectivity index (χ2v) is 11.2. The van der Waals surface area contributed by atoms with E-state index < -0.39 is 21.6 Å². The topological polar surface area (TPSA) is 94.2 Å². The summed E-state index contributed by atoms with van der Waals surface area (Å²) in [5.41, 5.74) is 3.74. The highest BCUT2D eigenvalue weighted by Crippen LogP contribution is 2.26. The number of hydrogen-bond donors (Lipinski definition) is 0. The fraction of sp³-hybridized carbons (Fsp3) is 0.417. The van der Waals surface area contributed by atoms with Gasteiger partial charge in [0.2, 0.25) is 0 Å². The molecule has 6 nitrogen and oxygen atoms in total. The van der Waals surface area contributed by atoms with Gasteiger partial charge in [-0.3, -0.25) is 8.42 Å². The van der Waals surface area contributed by atoms with E-state index in [1.807, 2.05) is 32.9 Å². The van der Waals surface area contributed by atoms with Crippen molar-refractivity contribution in [3.63, 3.8) is 0 Å². The molecular formula is C24H28ClN3O3S2. The fourth-order valence-electron chi connectivity index (χ4n) is 3.41. The number of benzene rings is 2. The molecule has 2 aromatic rings. The summed E-state index contributed by atoms with van der Waals surface area (Å²) in [6.45, 7) is 10.5. The van der Waals surface area contributed by atoms with E-state index >= 15 is 0 Å². The van der Waals surface area contributed by atoms with Gasteiger partial charge in [-0.25, -0.2) is 0 Å². The maximum atomic E-state index is 12.1. The monoisotopic (exact) mass is 505 g/mol. The number of rotatable bonds is 5. The molecule has 0 radical (unpaired) electrons. The third-order valence-corrected chi connectivity index (χ3v) is 8.06. The van der Waals surface area contributed by atoms with Crippen LogP contribution in [0.3, 0.4) is 0 Å². The zero-order valence-corrected chi connectivity index (χ0v) is 21.7. The van der Waals surface area contributed by atoms with Crippen LogP contribution >= 0.6 is 11.6 Å². The minimum absolute atomic E-state index is 0.481. The smallest absolute Gasteiger partial charge is 0.101 e. The number of nitrogens with zero attached hydrogens (tertiary/aromatic N) is 3. The van der Waals surface area contributed by atoms with Crippen molar-refractivity contribution in [3.05, 3.63) is 51.5 Å². The van der Waals surface area contributed by atoms with Crippen LogP contribution in [0.15, 0.2) is 34.1 Å². The van der Waals surface area contributed by atoms with Gasteiger partial charge in [-0.05, 0) is 49.2 Å². The van der Waals surface area contributed by atoms with E-state index in [4.69, 9.17) is 21.6 Å². The van der Waals surface area contributed by atoms with Gasteiger partial charge in [-0.1, -0.05) is 25.4 Å². The van der Waals surface area contributed by atoms with E-state index in [9.17, 15) is 13.7 Å². The van der Waals surface area contributed by atoms with Gasteiger partial charge in [-0.15, -0.1) is 0 Å². The molecule has 0 aliphatic carbocycles. The van der Waals surface area contributed by atoms with Crippen LogP contribution in [-0.4, -0.2) is 46.2 Å². The van der Waals surface area contributed by atoms with E-state index in [1.54, 1.807) is 19.1 Å². The first-order valence-corrected chi connectivity index (χ1v) is 13.6. The van der Waals surface area contributed by atoms with E-state index in [-0.39, 0.29) is 0 Å². The number of morpholine rings is 1. The number of aryl methyl sites for hydroxylation is 2. The fourth-order valence-corrected chi connectivity index (χ4v) is 5.75. The third-order valence-electron chi connectivity index (χ3n) is 5.16. The average Bonchev–Trinajstić information content (AvgIpc) is 2.83. The molecule has 1 aliphatic rings. The van der Waals surface area contributed by atoms with Gasteiger partial charge in [0.15, 0.2) is 0 Å². The average molecular weight is 506 g/mol. The number of nitriles is 2. The summed E-state index contributed by atoms with van der Waals surface area (Å²) in [4.78, 5) is 3.42. The van der Waals surface area contributed by atoms with E-state index in [0.717, 1.165) is 29.9 Å². The summed E-state index contributed by atoms with van der Waals surface area (Å²) in [5.74, 6) is 1.02. The van der Waals surface area contributed by atoms with Crippen molar-refractivity contribution in [2.45, 2.75) is 37.5 Å². The van der Waals surface area contributed by atoms with Crippen LogP contribution in [-0.2, 0) is 26.3 Å². The molecule has 0 saturated carbocycles. The van der Waals surface area contributed by atoms with Crippen LogP contribution in [0.1, 0.15) is 36.1 Å². The van der Waals surface area contributed by atoms with Crippen molar-refractivity contribution >= 4 is 38.9 Å². The maximum Gasteiger partial charge on any atom is 0.101 e. The van der Waals surface area contributed by atoms with Crippen molar-refractivity contribution in [1.29, 1.82) is 10.5 Å². The Hall–Kier alpha value is -2.23. The lowest BCUT2D eigenvalue weighted by atomic mass is 10.1. The van der Waals surface area contributed by atoms with Crippen LogP contribution in [0, 0.1) is 36.5 Å². The van der Waals surface area contributed by atoms with Crippen molar-refractivity contribution in [2.75, 3.05) is 42.7 Å². The molecule has 33 heavy (non-hydrogen) atoms. The number of halogens is 1. The molecule has 1 aliphatic heterocycles. The first-order valence-electron chi connectivity index (χ1n) is 10.6. The summed E-state index contributed by atoms with van der Waals surface area (Å²) in [7, 11) is -2.24. The Morgan fingerprint density at radius 2 is 1.39 bits per heavy atom. The Labute approximate surface area is 206 Å². The molecule has 3 rings (SSSR count). The number of anilines is 1. The van der Waals surface area contributed by atoms with Gasteiger partial charge in [0.25, 0.3) is 0 Å². The highest BCUT2D eigenvalue weighted by Gasteiger charge is 2.17. The van der Waals surface area contributed by atoms with Crippen LogP contribution in [0.2, 0.25) is 5.02 Å². The molecule has 9 heteroatoms. The quantitative estimate of drug-likeness (QED) is 0.594. The van der Waals surface area contributed by atoms with Crippen LogP contribution in [0.5, 0.6) is 0 Å². The molecule has 176 valence electrons. The van der Waals surface area contributed by atoms with Gasteiger partial charge >= 0.3 is 0 Å². The van der Waals surface area contributed by atoms with Crippen molar-refractivity contribution in [3.8, 4) is 12.1 Å². The Balaban J connectivity index is 0.000000245. The second-order valence-electron chi connectivity index (χ2n) is 7.32. The molecule has 0 aromatic heterocycles. The molecule has 0 bridgehead atoms. The number of ether oxygens (including phenoxy) is 1. The molecule has 1 heterocycles. The largest absolute Gasteiger partial charge is 0.378 e. The SMILES string of the molecule is CCS(=O)c1cc(Cl)cc(C)c1C#N.CCS(=O)c1cc(N2CCOCC2)cc(C)c1C#N. The standard InChI is InChI=1S/C14H18N2O2S.C10H10ClNOS/c1-3-19(17)14-9-12(8-11(2)13(14)10-15)16-4-6-18-7-5-16;1-3-14(13)10-5-8(11)4-7(2)9(10)6-12/h8-9H,3-7H2,1-2H3;4-5H,3H2,1-2H3. The lowest BCUT2D eigenvalue weighted by molar-refractivity contribution is 0.122. The Bertz CT molecular complexity index is 1130. The second kappa shape index (κ2) is 12.9. The van der Waals surface area contributed by atoms with Crippen LogP contribution < -0.4 is 4.90 Å². The molecule has 0 spiro atoms. The summed E-state index contributed by atoms with van der Waals surface area (Å²) >= 11 is 5.84. The highest BCUT2D eigenvalue weighted by atomic mass is 35.5. The predicted molar refractivity (Wildman–Crippen MR) is 134 cm³/mol. The molecular weight excluding hydrogens is 478 g/mol. The summed E-state index contributed by atoms with van der Waals surface area (Å²) in [6, 6.07) is 11.4. The molecule has 0 amide bonds. The summed E-state index contributed by atoms with van der Waals surface area (Å²) in [6.07, 6.45) is 0. The van der Waals surface area contributed by atoms with Gasteiger partial charge in [0.05, 0.1) is 55.7 Å². The molecule has 0 N–H and O–H groups in total. The lowest BCUT2D eigenvalue weighted by Crippen LogP contribution is -2.36. The van der Waals surface area contributed by atoms with Gasteiger partial charge < -0.3 is 9.64 Å². The van der Waals surface area contributed by atoms with Gasteiger partial charge in [0.1, 0.15) is 12.1 Å². The molecule has 2 atom stereocenters. The van der Waals surface area contributed by atoms with E-state index in [1.165, 1.54) is 0 Å². The normalized spacial score (nSPS) is 14.9. The van der Waals surface area contributed by atoms with E-state index in [0.29, 0.717) is 50.7 Å². The predicted octanol–water partition coefficient (Wildman–Crippen LogP) is 4.48. The molecule has 2 aromatic carbocycles. The van der Waals surface area contributed by atoms with Gasteiger partial charge in [0, 0.05) is 35.3 Å². The van der Waals surface area contributed by atoms with Crippen molar-refractivity contribution in [1.82, 2.24) is 0 Å². The molecule has 1 saturated heterocycles. The molecule has 1 fully saturated rings. The van der Waals surface area contributed by atoms with Crippen molar-refractivity contribution < 1.29 is 13.2 Å². The minimum Gasteiger partial charge on any atom is -0.378 e. The summed E-state index contributed by atoms with van der Waals surface area (Å²) in [5, 5.41) is 18.7. The Morgan fingerprint density at radius 1 is 0.909 bits per heavy atom. The first kappa shape index (κ1) is 27.0. The maximum absolute atomic E-state index is 12.1. The Morgan fingerprint density at radius 3 is 1.88 bits per heavy atom. The van der Waals surface area contributed by atoms with E-state index in [2.05, 4.69) is 17.0 Å². The van der Waals surface area contributed by atoms with Crippen LogP contribution in [0.25, 0.3) is 0 Å². The summed E-state index contributed by atoms with van der Waals surface area (Å²) < 4.78 is 29.0. The lowest BCUT2D eigenvalue weighted by Gasteiger charge is -2.29. The van der Waals surface area contributed by atoms with Gasteiger partial charge in [-0.2, -0.15) is 10.5 Å². The first-order chi connectivity index (χ1) is 15.8. The minimum atomic E-state index is -1.13. The highest BCUT2D eigenvalue weighted by molar-refractivity contribution is 7.85.